The molecule has 0 aliphatic carbocycles. The van der Waals surface area contributed by atoms with Crippen molar-refractivity contribution in [2.24, 2.45) is 0 Å². The molecule has 190 valence electrons. The Morgan fingerprint density at radius 2 is 1.54 bits per heavy atom. The molecule has 0 spiro atoms. The maximum Gasteiger partial charge on any atom is 0.266 e. The quantitative estimate of drug-likeness (QED) is 0.471. The summed E-state index contributed by atoms with van der Waals surface area (Å²) in [4.78, 5) is 39.7. The van der Waals surface area contributed by atoms with Crippen LogP contribution in [-0.2, 0) is 14.8 Å². The molecule has 2 aliphatic heterocycles. The van der Waals surface area contributed by atoms with Crippen molar-refractivity contribution in [3.8, 4) is 0 Å². The summed E-state index contributed by atoms with van der Waals surface area (Å²) in [6.07, 6.45) is 0. The van der Waals surface area contributed by atoms with Crippen LogP contribution in [0.5, 0.6) is 0 Å². The number of nitrogens with one attached hydrogen (secondary N) is 1. The molecule has 2 aliphatic rings. The molecule has 5 rings (SSSR count). The van der Waals surface area contributed by atoms with E-state index in [1.165, 1.54) is 40.7 Å². The second-order valence-electron chi connectivity index (χ2n) is 8.30. The highest BCUT2D eigenvalue weighted by Gasteiger charge is 2.37. The number of morpholine rings is 1. The van der Waals surface area contributed by atoms with E-state index in [1.807, 2.05) is 0 Å². The monoisotopic (exact) mass is 559 g/mol. The number of amides is 3. The number of carbonyl (C=O) groups is 3. The lowest BCUT2D eigenvalue weighted by atomic mass is 10.1. The van der Waals surface area contributed by atoms with Gasteiger partial charge in [-0.1, -0.05) is 23.2 Å². The number of benzene rings is 3. The minimum atomic E-state index is -3.90. The maximum atomic E-state index is 13.1. The van der Waals surface area contributed by atoms with E-state index >= 15 is 0 Å². The van der Waals surface area contributed by atoms with Crippen LogP contribution < -0.4 is 10.2 Å². The molecule has 3 aromatic rings. The van der Waals surface area contributed by atoms with Gasteiger partial charge in [-0.2, -0.15) is 4.31 Å². The molecule has 0 bridgehead atoms. The van der Waals surface area contributed by atoms with Crippen LogP contribution in [-0.4, -0.2) is 56.7 Å². The zero-order chi connectivity index (χ0) is 26.3. The van der Waals surface area contributed by atoms with Crippen molar-refractivity contribution in [1.29, 1.82) is 0 Å². The largest absolute Gasteiger partial charge is 0.379 e. The molecule has 1 saturated heterocycles. The molecule has 37 heavy (non-hydrogen) atoms. The van der Waals surface area contributed by atoms with Crippen LogP contribution in [0.25, 0.3) is 0 Å². The number of ether oxygens (including phenoxy) is 1. The van der Waals surface area contributed by atoms with Gasteiger partial charge in [0.25, 0.3) is 17.7 Å². The fourth-order valence-electron chi connectivity index (χ4n) is 4.11. The van der Waals surface area contributed by atoms with E-state index in [0.717, 1.165) is 4.90 Å². The van der Waals surface area contributed by atoms with Gasteiger partial charge in [0.2, 0.25) is 10.0 Å². The van der Waals surface area contributed by atoms with Crippen molar-refractivity contribution in [3.05, 3.63) is 87.4 Å². The van der Waals surface area contributed by atoms with Crippen LogP contribution in [0.15, 0.2) is 65.6 Å². The van der Waals surface area contributed by atoms with Crippen LogP contribution >= 0.6 is 23.2 Å². The predicted octanol–water partition coefficient (Wildman–Crippen LogP) is 4.07. The zero-order valence-corrected chi connectivity index (χ0v) is 21.4. The topological polar surface area (TPSA) is 113 Å². The Labute approximate surface area is 222 Å². The molecule has 1 N–H and O–H groups in total. The van der Waals surface area contributed by atoms with Gasteiger partial charge in [-0.05, 0) is 60.7 Å². The van der Waals surface area contributed by atoms with Crippen LogP contribution in [0.4, 0.5) is 11.4 Å². The van der Waals surface area contributed by atoms with Gasteiger partial charge in [-0.25, -0.2) is 13.3 Å². The highest BCUT2D eigenvalue weighted by molar-refractivity contribution is 7.89. The fourth-order valence-corrected chi connectivity index (χ4v) is 6.15. The number of sulfonamides is 1. The van der Waals surface area contributed by atoms with Gasteiger partial charge in [0.15, 0.2) is 0 Å². The van der Waals surface area contributed by atoms with Crippen LogP contribution in [0.2, 0.25) is 10.0 Å². The summed E-state index contributed by atoms with van der Waals surface area (Å²) in [6, 6.07) is 14.6. The average Bonchev–Trinajstić information content (AvgIpc) is 3.15. The van der Waals surface area contributed by atoms with Gasteiger partial charge in [0.05, 0.1) is 35.1 Å². The van der Waals surface area contributed by atoms with Gasteiger partial charge in [-0.15, -0.1) is 0 Å². The summed E-state index contributed by atoms with van der Waals surface area (Å²) in [5.74, 6) is -1.67. The summed E-state index contributed by atoms with van der Waals surface area (Å²) in [7, 11) is -3.90. The number of fused-ring (bicyclic) bond motifs is 1. The molecule has 9 nitrogen and oxygen atoms in total. The lowest BCUT2D eigenvalue weighted by Crippen LogP contribution is -2.40. The Bertz CT molecular complexity index is 1540. The van der Waals surface area contributed by atoms with E-state index in [2.05, 4.69) is 5.32 Å². The second kappa shape index (κ2) is 9.88. The van der Waals surface area contributed by atoms with Gasteiger partial charge >= 0.3 is 0 Å². The first-order valence-electron chi connectivity index (χ1n) is 11.1. The molecule has 0 aromatic heterocycles. The molecular weight excluding hydrogens is 541 g/mol. The van der Waals surface area contributed by atoms with E-state index in [1.54, 1.807) is 24.3 Å². The van der Waals surface area contributed by atoms with Gasteiger partial charge in [0.1, 0.15) is 4.90 Å². The van der Waals surface area contributed by atoms with Gasteiger partial charge in [-0.3, -0.25) is 14.4 Å². The van der Waals surface area contributed by atoms with Crippen molar-refractivity contribution in [2.45, 2.75) is 4.90 Å². The number of nitrogens with zero attached hydrogens (tertiary/aromatic N) is 2. The standard InChI is InChI=1S/C25H19Cl2N3O6S/c26-16-2-5-18(6-3-16)30-24(32)19-7-1-15(13-20(19)25(30)33)23(31)28-17-4-8-21(27)22(14-17)37(34,35)29-9-11-36-12-10-29/h1-8,13-14H,9-12H2,(H,28,31). The minimum absolute atomic E-state index is 0.0217. The first kappa shape index (κ1) is 25.4. The third-order valence-corrected chi connectivity index (χ3v) is 8.64. The van der Waals surface area contributed by atoms with Gasteiger partial charge in [0, 0.05) is 29.4 Å². The molecule has 2 heterocycles. The molecule has 0 radical (unpaired) electrons. The van der Waals surface area contributed by atoms with Crippen LogP contribution in [0.1, 0.15) is 31.1 Å². The second-order valence-corrected chi connectivity index (χ2v) is 11.0. The third-order valence-electron chi connectivity index (χ3n) is 6.01. The van der Waals surface area contributed by atoms with Gasteiger partial charge < -0.3 is 10.1 Å². The zero-order valence-electron chi connectivity index (χ0n) is 19.1. The lowest BCUT2D eigenvalue weighted by Gasteiger charge is -2.26. The summed E-state index contributed by atoms with van der Waals surface area (Å²) in [6.45, 7) is 0.957. The number of imide groups is 1. The van der Waals surface area contributed by atoms with Crippen molar-refractivity contribution >= 4 is 62.3 Å². The van der Waals surface area contributed by atoms with E-state index in [-0.39, 0.29) is 58.6 Å². The Balaban J connectivity index is 1.39. The van der Waals surface area contributed by atoms with Crippen molar-refractivity contribution in [3.63, 3.8) is 0 Å². The summed E-state index contributed by atoms with van der Waals surface area (Å²) in [5, 5.41) is 3.12. The first-order valence-corrected chi connectivity index (χ1v) is 13.3. The SMILES string of the molecule is O=C(Nc1ccc(Cl)c(S(=O)(=O)N2CCOCC2)c1)c1ccc2c(c1)C(=O)N(c1ccc(Cl)cc1)C2=O. The van der Waals surface area contributed by atoms with Crippen molar-refractivity contribution in [2.75, 3.05) is 36.5 Å². The van der Waals surface area contributed by atoms with E-state index in [0.29, 0.717) is 10.7 Å². The molecule has 12 heteroatoms. The third kappa shape index (κ3) is 4.74. The molecule has 0 unspecified atom stereocenters. The predicted molar refractivity (Wildman–Crippen MR) is 138 cm³/mol. The molecule has 3 amide bonds. The number of anilines is 2. The summed E-state index contributed by atoms with van der Waals surface area (Å²) < 4.78 is 32.6. The molecular formula is C25H19Cl2N3O6S. The fraction of sp³-hybridized carbons (Fsp3) is 0.160. The molecule has 0 atom stereocenters. The summed E-state index contributed by atoms with van der Waals surface area (Å²) in [5.41, 5.74) is 0.926. The average molecular weight is 560 g/mol. The van der Waals surface area contributed by atoms with Crippen LogP contribution in [0.3, 0.4) is 0 Å². The van der Waals surface area contributed by atoms with Crippen molar-refractivity contribution < 1.29 is 27.5 Å². The highest BCUT2D eigenvalue weighted by Crippen LogP contribution is 2.31. The molecule has 0 saturated carbocycles. The Hall–Kier alpha value is -3.28. The Morgan fingerprint density at radius 1 is 0.865 bits per heavy atom. The maximum absolute atomic E-state index is 13.1. The molecule has 1 fully saturated rings. The number of halogens is 2. The normalized spacial score (nSPS) is 16.1. The number of rotatable bonds is 5. The van der Waals surface area contributed by atoms with E-state index in [9.17, 15) is 22.8 Å². The number of hydrogen-bond donors (Lipinski definition) is 1. The first-order chi connectivity index (χ1) is 17.7. The molecule has 3 aromatic carbocycles. The smallest absolute Gasteiger partial charge is 0.266 e. The Kier molecular flexibility index (Phi) is 6.78. The number of carbonyl (C=O) groups excluding carboxylic acids is 3. The van der Waals surface area contributed by atoms with E-state index in [4.69, 9.17) is 27.9 Å². The van der Waals surface area contributed by atoms with Crippen LogP contribution in [0, 0.1) is 0 Å². The van der Waals surface area contributed by atoms with Crippen molar-refractivity contribution in [1.82, 2.24) is 4.31 Å². The number of hydrogen-bond acceptors (Lipinski definition) is 6. The summed E-state index contributed by atoms with van der Waals surface area (Å²) >= 11 is 12.1. The minimum Gasteiger partial charge on any atom is -0.379 e. The van der Waals surface area contributed by atoms with E-state index < -0.39 is 27.7 Å². The lowest BCUT2D eigenvalue weighted by molar-refractivity contribution is 0.0730. The Morgan fingerprint density at radius 3 is 2.24 bits per heavy atom. The highest BCUT2D eigenvalue weighted by atomic mass is 35.5.